The summed E-state index contributed by atoms with van der Waals surface area (Å²) >= 11 is 5.84. The molecular weight excluding hydrogens is 244 g/mol. The van der Waals surface area contributed by atoms with Crippen LogP contribution in [0, 0.1) is 13.8 Å². The average molecular weight is 259 g/mol. The van der Waals surface area contributed by atoms with E-state index in [4.69, 9.17) is 11.6 Å². The van der Waals surface area contributed by atoms with Crippen molar-refractivity contribution in [1.82, 2.24) is 0 Å². The quantitative estimate of drug-likeness (QED) is 0.765. The maximum absolute atomic E-state index is 9.71. The first-order chi connectivity index (χ1) is 8.56. The van der Waals surface area contributed by atoms with Crippen molar-refractivity contribution in [2.75, 3.05) is 0 Å². The van der Waals surface area contributed by atoms with Crippen molar-refractivity contribution < 1.29 is 5.11 Å². The van der Waals surface area contributed by atoms with Crippen LogP contribution in [-0.2, 0) is 0 Å². The van der Waals surface area contributed by atoms with Crippen molar-refractivity contribution in [3.8, 4) is 5.75 Å². The van der Waals surface area contributed by atoms with Crippen molar-refractivity contribution in [3.05, 3.63) is 63.7 Å². The van der Waals surface area contributed by atoms with E-state index in [1.54, 1.807) is 0 Å². The Labute approximate surface area is 112 Å². The van der Waals surface area contributed by atoms with Gasteiger partial charge in [0.1, 0.15) is 5.75 Å². The van der Waals surface area contributed by atoms with Crippen LogP contribution in [0.4, 0.5) is 0 Å². The van der Waals surface area contributed by atoms with E-state index in [0.29, 0.717) is 5.75 Å². The van der Waals surface area contributed by atoms with Gasteiger partial charge in [-0.15, -0.1) is 0 Å². The predicted octanol–water partition coefficient (Wildman–Crippen LogP) is 4.83. The van der Waals surface area contributed by atoms with Crippen molar-refractivity contribution in [3.63, 3.8) is 0 Å². The lowest BCUT2D eigenvalue weighted by Crippen LogP contribution is -1.83. The molecule has 0 aromatic heterocycles. The zero-order valence-corrected chi connectivity index (χ0v) is 11.2. The molecular formula is C16H15ClO. The first kappa shape index (κ1) is 12.7. The van der Waals surface area contributed by atoms with Gasteiger partial charge in [-0.25, -0.2) is 0 Å². The number of aromatic hydroxyl groups is 1. The topological polar surface area (TPSA) is 20.2 Å². The summed E-state index contributed by atoms with van der Waals surface area (Å²) in [5.41, 5.74) is 3.97. The van der Waals surface area contributed by atoms with Crippen LogP contribution in [0.5, 0.6) is 5.75 Å². The SMILES string of the molecule is Cc1cc(/C=C/c2ccc(Cl)cc2)cc(C)c1O. The van der Waals surface area contributed by atoms with Gasteiger partial charge in [-0.3, -0.25) is 0 Å². The molecule has 0 unspecified atom stereocenters. The molecule has 0 atom stereocenters. The van der Waals surface area contributed by atoms with Crippen LogP contribution >= 0.6 is 11.6 Å². The molecule has 2 aromatic carbocycles. The van der Waals surface area contributed by atoms with Crippen molar-refractivity contribution in [2.24, 2.45) is 0 Å². The van der Waals surface area contributed by atoms with E-state index in [9.17, 15) is 5.11 Å². The van der Waals surface area contributed by atoms with E-state index in [1.165, 1.54) is 0 Å². The van der Waals surface area contributed by atoms with E-state index in [2.05, 4.69) is 0 Å². The molecule has 2 rings (SSSR count). The largest absolute Gasteiger partial charge is 0.507 e. The van der Waals surface area contributed by atoms with Crippen LogP contribution in [0.2, 0.25) is 5.02 Å². The Morgan fingerprint density at radius 3 is 1.94 bits per heavy atom. The summed E-state index contributed by atoms with van der Waals surface area (Å²) in [6.45, 7) is 3.81. The Morgan fingerprint density at radius 2 is 1.39 bits per heavy atom. The first-order valence-corrected chi connectivity index (χ1v) is 6.18. The lowest BCUT2D eigenvalue weighted by molar-refractivity contribution is 0.467. The molecule has 1 nitrogen and oxygen atoms in total. The summed E-state index contributed by atoms with van der Waals surface area (Å²) < 4.78 is 0. The monoisotopic (exact) mass is 258 g/mol. The van der Waals surface area contributed by atoms with Crippen LogP contribution in [0.1, 0.15) is 22.3 Å². The van der Waals surface area contributed by atoms with E-state index in [1.807, 2.05) is 62.4 Å². The van der Waals surface area contributed by atoms with Crippen molar-refractivity contribution in [1.29, 1.82) is 0 Å². The molecule has 0 aliphatic carbocycles. The number of halogens is 1. The van der Waals surface area contributed by atoms with Crippen molar-refractivity contribution >= 4 is 23.8 Å². The third kappa shape index (κ3) is 2.93. The lowest BCUT2D eigenvalue weighted by Gasteiger charge is -2.04. The molecule has 0 fully saturated rings. The summed E-state index contributed by atoms with van der Waals surface area (Å²) in [5.74, 6) is 0.374. The Bertz CT molecular complexity index is 560. The number of phenols is 1. The molecule has 0 spiro atoms. The van der Waals surface area contributed by atoms with Crippen LogP contribution < -0.4 is 0 Å². The maximum Gasteiger partial charge on any atom is 0.121 e. The van der Waals surface area contributed by atoms with Gasteiger partial charge in [0.2, 0.25) is 0 Å². The fraction of sp³-hybridized carbons (Fsp3) is 0.125. The number of aryl methyl sites for hydroxylation is 2. The van der Waals surface area contributed by atoms with E-state index in [-0.39, 0.29) is 0 Å². The van der Waals surface area contributed by atoms with Gasteiger partial charge in [0.15, 0.2) is 0 Å². The summed E-state index contributed by atoms with van der Waals surface area (Å²) in [4.78, 5) is 0. The molecule has 0 bridgehead atoms. The molecule has 0 aliphatic heterocycles. The molecule has 0 radical (unpaired) electrons. The zero-order chi connectivity index (χ0) is 13.1. The third-order valence-electron chi connectivity index (χ3n) is 2.85. The first-order valence-electron chi connectivity index (χ1n) is 5.80. The van der Waals surface area contributed by atoms with E-state index in [0.717, 1.165) is 27.3 Å². The molecule has 0 heterocycles. The summed E-state index contributed by atoms with van der Waals surface area (Å²) in [7, 11) is 0. The Balaban J connectivity index is 2.26. The van der Waals surface area contributed by atoms with Gasteiger partial charge in [0.05, 0.1) is 0 Å². The van der Waals surface area contributed by atoms with Gasteiger partial charge in [0.25, 0.3) is 0 Å². The second-order valence-corrected chi connectivity index (χ2v) is 4.82. The van der Waals surface area contributed by atoms with Gasteiger partial charge >= 0.3 is 0 Å². The van der Waals surface area contributed by atoms with Crippen LogP contribution in [-0.4, -0.2) is 5.11 Å². The van der Waals surface area contributed by atoms with Gasteiger partial charge in [0, 0.05) is 5.02 Å². The molecule has 0 saturated heterocycles. The van der Waals surface area contributed by atoms with E-state index >= 15 is 0 Å². The van der Waals surface area contributed by atoms with Gasteiger partial charge in [-0.05, 0) is 60.4 Å². The van der Waals surface area contributed by atoms with E-state index < -0.39 is 0 Å². The van der Waals surface area contributed by atoms with Crippen LogP contribution in [0.25, 0.3) is 12.2 Å². The fourth-order valence-corrected chi connectivity index (χ4v) is 1.98. The Kier molecular flexibility index (Phi) is 3.73. The minimum absolute atomic E-state index is 0.374. The Hall–Kier alpha value is -1.73. The molecule has 92 valence electrons. The molecule has 2 heteroatoms. The second kappa shape index (κ2) is 5.28. The van der Waals surface area contributed by atoms with Crippen LogP contribution in [0.3, 0.4) is 0 Å². The average Bonchev–Trinajstić information content (AvgIpc) is 2.35. The minimum atomic E-state index is 0.374. The minimum Gasteiger partial charge on any atom is -0.507 e. The summed E-state index contributed by atoms with van der Waals surface area (Å²) in [6.07, 6.45) is 4.06. The molecule has 0 aliphatic rings. The third-order valence-corrected chi connectivity index (χ3v) is 3.10. The number of rotatable bonds is 2. The molecule has 2 aromatic rings. The fourth-order valence-electron chi connectivity index (χ4n) is 1.85. The molecule has 0 amide bonds. The number of hydrogen-bond donors (Lipinski definition) is 1. The van der Waals surface area contributed by atoms with Crippen LogP contribution in [0.15, 0.2) is 36.4 Å². The highest BCUT2D eigenvalue weighted by atomic mass is 35.5. The molecule has 18 heavy (non-hydrogen) atoms. The smallest absolute Gasteiger partial charge is 0.121 e. The van der Waals surface area contributed by atoms with Gasteiger partial charge < -0.3 is 5.11 Å². The number of benzene rings is 2. The highest BCUT2D eigenvalue weighted by molar-refractivity contribution is 6.30. The standard InChI is InChI=1S/C16H15ClO/c1-11-9-14(10-12(2)16(11)18)4-3-13-5-7-15(17)8-6-13/h3-10,18H,1-2H3/b4-3+. The van der Waals surface area contributed by atoms with Gasteiger partial charge in [-0.2, -0.15) is 0 Å². The Morgan fingerprint density at radius 1 is 0.889 bits per heavy atom. The predicted molar refractivity (Wildman–Crippen MR) is 78.0 cm³/mol. The zero-order valence-electron chi connectivity index (χ0n) is 10.4. The number of phenolic OH excluding ortho intramolecular Hbond substituents is 1. The summed E-state index contributed by atoms with van der Waals surface area (Å²) in [5, 5.41) is 10.4. The van der Waals surface area contributed by atoms with Gasteiger partial charge in [-0.1, -0.05) is 35.9 Å². The van der Waals surface area contributed by atoms with Crippen molar-refractivity contribution in [2.45, 2.75) is 13.8 Å². The second-order valence-electron chi connectivity index (χ2n) is 4.39. The summed E-state index contributed by atoms with van der Waals surface area (Å²) in [6, 6.07) is 11.6. The highest BCUT2D eigenvalue weighted by Crippen LogP contribution is 2.24. The maximum atomic E-state index is 9.71. The normalized spacial score (nSPS) is 11.1. The highest BCUT2D eigenvalue weighted by Gasteiger charge is 2.01. The number of hydrogen-bond acceptors (Lipinski definition) is 1. The molecule has 1 N–H and O–H groups in total. The lowest BCUT2D eigenvalue weighted by atomic mass is 10.0. The molecule has 0 saturated carbocycles.